The summed E-state index contributed by atoms with van der Waals surface area (Å²) in [5.41, 5.74) is 0.593. The molecule has 1 unspecified atom stereocenters. The van der Waals surface area contributed by atoms with Crippen LogP contribution in [0.5, 0.6) is 0 Å². The number of hydrogen-bond acceptors (Lipinski definition) is 3. The van der Waals surface area contributed by atoms with Crippen LogP contribution in [0.3, 0.4) is 0 Å². The number of carboxylic acids is 1. The van der Waals surface area contributed by atoms with Crippen LogP contribution < -0.4 is 5.32 Å². The lowest BCUT2D eigenvalue weighted by Crippen LogP contribution is -2.38. The van der Waals surface area contributed by atoms with Gasteiger partial charge in [-0.15, -0.1) is 0 Å². The Morgan fingerprint density at radius 2 is 2.06 bits per heavy atom. The lowest BCUT2D eigenvalue weighted by Gasteiger charge is -2.15. The molecule has 0 radical (unpaired) electrons. The molecule has 0 aliphatic rings. The first kappa shape index (κ1) is 14.5. The zero-order valence-corrected chi connectivity index (χ0v) is 9.24. The summed E-state index contributed by atoms with van der Waals surface area (Å²) in [5.74, 6) is -1.10. The third-order valence-electron chi connectivity index (χ3n) is 2.22. The number of rotatable bonds is 5. The number of hydrogen-bond donors (Lipinski definition) is 3. The highest BCUT2D eigenvalue weighted by Crippen LogP contribution is 2.19. The molecule has 4 nitrogen and oxygen atoms in total. The Bertz CT molecular complexity index is 420. The first-order valence-corrected chi connectivity index (χ1v) is 5.08. The third-order valence-corrected chi connectivity index (χ3v) is 2.22. The monoisotopic (exact) mass is 263 g/mol. The second-order valence-electron chi connectivity index (χ2n) is 3.69. The molecule has 0 bridgehead atoms. The molecule has 0 aliphatic heterocycles. The van der Waals surface area contributed by atoms with Gasteiger partial charge in [-0.05, 0) is 17.7 Å². The Morgan fingerprint density at radius 1 is 1.39 bits per heavy atom. The van der Waals surface area contributed by atoms with Crippen LogP contribution in [0.4, 0.5) is 13.2 Å². The molecule has 1 aromatic carbocycles. The van der Waals surface area contributed by atoms with Gasteiger partial charge in [0.2, 0.25) is 0 Å². The Labute approximate surface area is 101 Å². The summed E-state index contributed by atoms with van der Waals surface area (Å²) >= 11 is 0. The summed E-state index contributed by atoms with van der Waals surface area (Å²) < 4.78 is 35.9. The van der Waals surface area contributed by atoms with Gasteiger partial charge in [0, 0.05) is 13.1 Å². The summed E-state index contributed by atoms with van der Waals surface area (Å²) in [4.78, 5) is 10.7. The van der Waals surface area contributed by atoms with Crippen molar-refractivity contribution in [3.05, 3.63) is 35.4 Å². The first-order valence-electron chi connectivity index (χ1n) is 5.08. The van der Waals surface area contributed by atoms with Gasteiger partial charge in [0.1, 0.15) is 0 Å². The average Bonchev–Trinajstić information content (AvgIpc) is 2.28. The van der Waals surface area contributed by atoms with Gasteiger partial charge in [-0.3, -0.25) is 0 Å². The van der Waals surface area contributed by atoms with Crippen LogP contribution in [-0.2, 0) is 6.54 Å². The number of benzene rings is 1. The van der Waals surface area contributed by atoms with E-state index in [2.05, 4.69) is 5.32 Å². The minimum Gasteiger partial charge on any atom is -0.478 e. The lowest BCUT2D eigenvalue weighted by atomic mass is 10.1. The van der Waals surface area contributed by atoms with Crippen LogP contribution >= 0.6 is 0 Å². The summed E-state index contributed by atoms with van der Waals surface area (Å²) in [5, 5.41) is 19.9. The van der Waals surface area contributed by atoms with Crippen molar-refractivity contribution in [2.75, 3.05) is 6.54 Å². The Balaban J connectivity index is 2.49. The fraction of sp³-hybridized carbons (Fsp3) is 0.364. The van der Waals surface area contributed by atoms with Crippen molar-refractivity contribution in [2.45, 2.75) is 18.8 Å². The van der Waals surface area contributed by atoms with Crippen molar-refractivity contribution in [1.29, 1.82) is 0 Å². The van der Waals surface area contributed by atoms with Crippen molar-refractivity contribution in [3.63, 3.8) is 0 Å². The number of aromatic carboxylic acids is 1. The Kier molecular flexibility index (Phi) is 4.69. The summed E-state index contributed by atoms with van der Waals surface area (Å²) in [6.07, 6.45) is -7.09. The summed E-state index contributed by atoms with van der Waals surface area (Å²) in [6, 6.07) is 5.83. The molecule has 0 saturated carbocycles. The molecule has 0 aliphatic carbocycles. The maximum absolute atomic E-state index is 12.0. The number of nitrogens with one attached hydrogen (secondary N) is 1. The maximum atomic E-state index is 12.0. The summed E-state index contributed by atoms with van der Waals surface area (Å²) in [6.45, 7) is -0.588. The van der Waals surface area contributed by atoms with Crippen molar-refractivity contribution < 1.29 is 28.2 Å². The fourth-order valence-corrected chi connectivity index (χ4v) is 1.28. The molecule has 7 heteroatoms. The molecule has 100 valence electrons. The molecule has 0 saturated heterocycles. The van der Waals surface area contributed by atoms with E-state index in [4.69, 9.17) is 10.2 Å². The molecule has 1 rings (SSSR count). The Hall–Kier alpha value is -1.60. The van der Waals surface area contributed by atoms with Gasteiger partial charge in [-0.2, -0.15) is 13.2 Å². The third kappa shape index (κ3) is 4.34. The highest BCUT2D eigenvalue weighted by Gasteiger charge is 2.37. The van der Waals surface area contributed by atoms with Gasteiger partial charge < -0.3 is 15.5 Å². The van der Waals surface area contributed by atoms with E-state index >= 15 is 0 Å². The molecule has 1 aromatic rings. The number of aliphatic hydroxyl groups excluding tert-OH is 1. The van der Waals surface area contributed by atoms with E-state index in [-0.39, 0.29) is 12.1 Å². The van der Waals surface area contributed by atoms with Gasteiger partial charge in [0.25, 0.3) is 0 Å². The zero-order valence-electron chi connectivity index (χ0n) is 9.24. The largest absolute Gasteiger partial charge is 0.478 e. The van der Waals surface area contributed by atoms with E-state index in [0.29, 0.717) is 5.56 Å². The van der Waals surface area contributed by atoms with Crippen LogP contribution in [0.1, 0.15) is 15.9 Å². The van der Waals surface area contributed by atoms with Crippen LogP contribution in [0, 0.1) is 0 Å². The molecule has 0 amide bonds. The van der Waals surface area contributed by atoms with Crippen LogP contribution in [0.15, 0.2) is 24.3 Å². The molecule has 0 fully saturated rings. The number of aliphatic hydroxyl groups is 1. The fourth-order valence-electron chi connectivity index (χ4n) is 1.28. The van der Waals surface area contributed by atoms with E-state index in [0.717, 1.165) is 0 Å². The average molecular weight is 263 g/mol. The van der Waals surface area contributed by atoms with E-state index in [1.165, 1.54) is 18.2 Å². The van der Waals surface area contributed by atoms with Crippen molar-refractivity contribution >= 4 is 5.97 Å². The molecular weight excluding hydrogens is 251 g/mol. The SMILES string of the molecule is O=C(O)c1cccc(CNCC(O)C(F)(F)F)c1. The highest BCUT2D eigenvalue weighted by molar-refractivity contribution is 5.87. The molecule has 3 N–H and O–H groups in total. The Morgan fingerprint density at radius 3 is 2.61 bits per heavy atom. The van der Waals surface area contributed by atoms with E-state index in [1.54, 1.807) is 6.07 Å². The van der Waals surface area contributed by atoms with Crippen molar-refractivity contribution in [3.8, 4) is 0 Å². The van der Waals surface area contributed by atoms with Gasteiger partial charge >= 0.3 is 12.1 Å². The van der Waals surface area contributed by atoms with Gasteiger partial charge in [-0.1, -0.05) is 12.1 Å². The second-order valence-corrected chi connectivity index (χ2v) is 3.69. The molecule has 18 heavy (non-hydrogen) atoms. The maximum Gasteiger partial charge on any atom is 0.415 e. The van der Waals surface area contributed by atoms with E-state index in [1.807, 2.05) is 0 Å². The topological polar surface area (TPSA) is 69.6 Å². The predicted octanol–water partition coefficient (Wildman–Crippen LogP) is 1.40. The van der Waals surface area contributed by atoms with Gasteiger partial charge in [0.15, 0.2) is 6.10 Å². The number of carboxylic acid groups (broad SMARTS) is 1. The second kappa shape index (κ2) is 5.83. The standard InChI is InChI=1S/C11H12F3NO3/c12-11(13,14)9(16)6-15-5-7-2-1-3-8(4-7)10(17)18/h1-4,9,15-16H,5-6H2,(H,17,18). The first-order chi connectivity index (χ1) is 8.30. The molecular formula is C11H12F3NO3. The zero-order chi connectivity index (χ0) is 13.8. The molecule has 1 atom stereocenters. The number of alkyl halides is 3. The molecule has 0 heterocycles. The predicted molar refractivity (Wildman–Crippen MR) is 57.2 cm³/mol. The molecule has 0 aromatic heterocycles. The molecule has 0 spiro atoms. The lowest BCUT2D eigenvalue weighted by molar-refractivity contribution is -0.201. The van der Waals surface area contributed by atoms with Crippen LogP contribution in [-0.4, -0.2) is 35.0 Å². The summed E-state index contributed by atoms with van der Waals surface area (Å²) in [7, 11) is 0. The number of halogens is 3. The van der Waals surface area contributed by atoms with Crippen LogP contribution in [0.2, 0.25) is 0 Å². The van der Waals surface area contributed by atoms with Crippen LogP contribution in [0.25, 0.3) is 0 Å². The normalized spacial score (nSPS) is 13.3. The minimum absolute atomic E-state index is 0.0499. The smallest absolute Gasteiger partial charge is 0.415 e. The van der Waals surface area contributed by atoms with Crippen molar-refractivity contribution in [1.82, 2.24) is 5.32 Å². The highest BCUT2D eigenvalue weighted by atomic mass is 19.4. The van der Waals surface area contributed by atoms with Gasteiger partial charge in [-0.25, -0.2) is 4.79 Å². The van der Waals surface area contributed by atoms with Crippen molar-refractivity contribution in [2.24, 2.45) is 0 Å². The van der Waals surface area contributed by atoms with E-state index < -0.39 is 24.8 Å². The minimum atomic E-state index is -4.66. The van der Waals surface area contributed by atoms with E-state index in [9.17, 15) is 18.0 Å². The van der Waals surface area contributed by atoms with Gasteiger partial charge in [0.05, 0.1) is 5.56 Å². The number of carbonyl (C=O) groups is 1. The quantitative estimate of drug-likeness (QED) is 0.751.